The fourth-order valence-electron chi connectivity index (χ4n) is 2.17. The van der Waals surface area contributed by atoms with Gasteiger partial charge in [0, 0.05) is 25.2 Å². The molecule has 1 atom stereocenters. The predicted molar refractivity (Wildman–Crippen MR) is 62.0 cm³/mol. The second-order valence-electron chi connectivity index (χ2n) is 5.28. The average molecular weight is 269 g/mol. The van der Waals surface area contributed by atoms with Crippen molar-refractivity contribution in [3.05, 3.63) is 0 Å². The van der Waals surface area contributed by atoms with Gasteiger partial charge in [-0.05, 0) is 25.2 Å². The van der Waals surface area contributed by atoms with Crippen molar-refractivity contribution in [3.63, 3.8) is 0 Å². The van der Waals surface area contributed by atoms with Gasteiger partial charge >= 0.3 is 6.18 Å². The highest BCUT2D eigenvalue weighted by Gasteiger charge is 2.35. The molecule has 3 nitrogen and oxygen atoms in total. The van der Waals surface area contributed by atoms with E-state index >= 15 is 0 Å². The van der Waals surface area contributed by atoms with E-state index in [1.165, 1.54) is 12.8 Å². The van der Waals surface area contributed by atoms with Crippen LogP contribution < -0.4 is 5.73 Å². The molecular formula is C12H22F3NO2. The van der Waals surface area contributed by atoms with Gasteiger partial charge in [0.1, 0.15) is 6.61 Å². The monoisotopic (exact) mass is 269 g/mol. The van der Waals surface area contributed by atoms with Crippen molar-refractivity contribution >= 4 is 0 Å². The molecule has 0 aliphatic heterocycles. The summed E-state index contributed by atoms with van der Waals surface area (Å²) in [7, 11) is 0. The van der Waals surface area contributed by atoms with Crippen LogP contribution in [0.1, 0.15) is 32.1 Å². The number of hydrogen-bond acceptors (Lipinski definition) is 3. The summed E-state index contributed by atoms with van der Waals surface area (Å²) in [6.07, 6.45) is 0.0722. The van der Waals surface area contributed by atoms with Gasteiger partial charge in [0.2, 0.25) is 0 Å². The molecule has 108 valence electrons. The number of alkyl halides is 3. The van der Waals surface area contributed by atoms with Crippen molar-refractivity contribution in [3.8, 4) is 0 Å². The molecule has 1 fully saturated rings. The highest BCUT2D eigenvalue weighted by Crippen LogP contribution is 2.42. The van der Waals surface area contributed by atoms with E-state index in [2.05, 4.69) is 4.74 Å². The first-order valence-electron chi connectivity index (χ1n) is 6.36. The van der Waals surface area contributed by atoms with E-state index in [1.54, 1.807) is 0 Å². The van der Waals surface area contributed by atoms with Crippen LogP contribution in [0, 0.1) is 11.3 Å². The zero-order valence-corrected chi connectivity index (χ0v) is 10.5. The zero-order chi connectivity index (χ0) is 13.6. The summed E-state index contributed by atoms with van der Waals surface area (Å²) >= 11 is 0. The lowest BCUT2D eigenvalue weighted by molar-refractivity contribution is -0.174. The Morgan fingerprint density at radius 3 is 2.39 bits per heavy atom. The molecule has 0 saturated heterocycles. The second-order valence-corrected chi connectivity index (χ2v) is 5.28. The van der Waals surface area contributed by atoms with E-state index in [1.807, 2.05) is 0 Å². The number of aliphatic hydroxyl groups is 1. The maximum Gasteiger partial charge on any atom is 0.411 e. The van der Waals surface area contributed by atoms with Crippen LogP contribution in [0.25, 0.3) is 0 Å². The molecule has 3 N–H and O–H groups in total. The third-order valence-corrected chi connectivity index (χ3v) is 3.45. The Bertz CT molecular complexity index is 238. The van der Waals surface area contributed by atoms with Crippen LogP contribution in [-0.4, -0.2) is 37.6 Å². The molecule has 1 unspecified atom stereocenters. The van der Waals surface area contributed by atoms with Gasteiger partial charge in [-0.15, -0.1) is 0 Å². The van der Waals surface area contributed by atoms with Crippen molar-refractivity contribution in [1.82, 2.24) is 0 Å². The number of aliphatic hydroxyl groups excluding tert-OH is 1. The Labute approximate surface area is 105 Å². The van der Waals surface area contributed by atoms with E-state index in [-0.39, 0.29) is 18.6 Å². The molecule has 0 aromatic carbocycles. The molecule has 6 heteroatoms. The Hall–Kier alpha value is -0.330. The van der Waals surface area contributed by atoms with Gasteiger partial charge in [-0.3, -0.25) is 0 Å². The van der Waals surface area contributed by atoms with Gasteiger partial charge in [-0.1, -0.05) is 12.8 Å². The fourth-order valence-corrected chi connectivity index (χ4v) is 2.17. The molecule has 0 aromatic heterocycles. The van der Waals surface area contributed by atoms with E-state index in [4.69, 9.17) is 5.73 Å². The number of nitrogens with two attached hydrogens (primary N) is 1. The minimum absolute atomic E-state index is 0.000723. The number of rotatable bonds is 9. The van der Waals surface area contributed by atoms with E-state index < -0.39 is 12.8 Å². The number of halogens is 3. The molecule has 0 bridgehead atoms. The van der Waals surface area contributed by atoms with Crippen molar-refractivity contribution in [2.24, 2.45) is 17.1 Å². The van der Waals surface area contributed by atoms with E-state index in [0.717, 1.165) is 6.42 Å². The Morgan fingerprint density at radius 1 is 1.28 bits per heavy atom. The normalized spacial score (nSPS) is 19.8. The van der Waals surface area contributed by atoms with Gasteiger partial charge in [0.15, 0.2) is 0 Å². The van der Waals surface area contributed by atoms with Crippen molar-refractivity contribution in [2.75, 3.05) is 26.4 Å². The summed E-state index contributed by atoms with van der Waals surface area (Å²) in [6, 6.07) is 0. The molecule has 1 aliphatic rings. The summed E-state index contributed by atoms with van der Waals surface area (Å²) in [5.74, 6) is 0.636. The first-order valence-corrected chi connectivity index (χ1v) is 6.36. The topological polar surface area (TPSA) is 55.5 Å². The summed E-state index contributed by atoms with van der Waals surface area (Å²) in [6.45, 7) is -0.769. The van der Waals surface area contributed by atoms with Gasteiger partial charge in [-0.25, -0.2) is 0 Å². The quantitative estimate of drug-likeness (QED) is 0.630. The standard InChI is InChI=1S/C12H22F3NO2/c13-12(14,15)9-18-5-1-4-11(7-16,8-17)6-10-2-3-10/h10,17H,1-9,16H2. The van der Waals surface area contributed by atoms with Crippen LogP contribution in [0.3, 0.4) is 0 Å². The lowest BCUT2D eigenvalue weighted by atomic mass is 9.79. The van der Waals surface area contributed by atoms with Crippen molar-refractivity contribution in [2.45, 2.75) is 38.3 Å². The van der Waals surface area contributed by atoms with E-state index in [0.29, 0.717) is 25.3 Å². The van der Waals surface area contributed by atoms with Gasteiger partial charge in [-0.2, -0.15) is 13.2 Å². The molecule has 0 radical (unpaired) electrons. The molecule has 0 amide bonds. The minimum Gasteiger partial charge on any atom is -0.396 e. The lowest BCUT2D eigenvalue weighted by Gasteiger charge is -2.30. The Balaban J connectivity index is 2.20. The largest absolute Gasteiger partial charge is 0.411 e. The third kappa shape index (κ3) is 6.02. The van der Waals surface area contributed by atoms with Gasteiger partial charge in [0.25, 0.3) is 0 Å². The number of hydrogen-bond donors (Lipinski definition) is 2. The second kappa shape index (κ2) is 6.73. The SMILES string of the molecule is NCC(CO)(CCCOCC(F)(F)F)CC1CC1. The summed E-state index contributed by atoms with van der Waals surface area (Å²) in [5.41, 5.74) is 5.37. The third-order valence-electron chi connectivity index (χ3n) is 3.45. The number of ether oxygens (including phenoxy) is 1. The van der Waals surface area contributed by atoms with Crippen LogP contribution in [0.2, 0.25) is 0 Å². The molecule has 1 rings (SSSR count). The van der Waals surface area contributed by atoms with Crippen molar-refractivity contribution in [1.29, 1.82) is 0 Å². The van der Waals surface area contributed by atoms with Crippen LogP contribution in [-0.2, 0) is 4.74 Å². The maximum absolute atomic E-state index is 11.8. The molecule has 1 saturated carbocycles. The minimum atomic E-state index is -4.27. The average Bonchev–Trinajstić information content (AvgIpc) is 3.09. The van der Waals surface area contributed by atoms with Crippen LogP contribution >= 0.6 is 0 Å². The highest BCUT2D eigenvalue weighted by molar-refractivity contribution is 4.87. The maximum atomic E-state index is 11.8. The molecule has 18 heavy (non-hydrogen) atoms. The van der Waals surface area contributed by atoms with Crippen molar-refractivity contribution < 1.29 is 23.0 Å². The van der Waals surface area contributed by atoms with Crippen LogP contribution in [0.5, 0.6) is 0 Å². The lowest BCUT2D eigenvalue weighted by Crippen LogP contribution is -2.35. The predicted octanol–water partition coefficient (Wildman–Crippen LogP) is 2.08. The summed E-state index contributed by atoms with van der Waals surface area (Å²) in [4.78, 5) is 0. The summed E-state index contributed by atoms with van der Waals surface area (Å²) in [5, 5.41) is 9.44. The molecule has 0 heterocycles. The van der Waals surface area contributed by atoms with Gasteiger partial charge < -0.3 is 15.6 Å². The molecule has 0 aromatic rings. The first-order chi connectivity index (χ1) is 8.41. The Morgan fingerprint density at radius 2 is 1.94 bits per heavy atom. The molecule has 0 spiro atoms. The molecule has 1 aliphatic carbocycles. The Kier molecular flexibility index (Phi) is 5.88. The first kappa shape index (κ1) is 15.7. The zero-order valence-electron chi connectivity index (χ0n) is 10.5. The molecular weight excluding hydrogens is 247 g/mol. The summed E-state index contributed by atoms with van der Waals surface area (Å²) < 4.78 is 40.1. The van der Waals surface area contributed by atoms with Crippen LogP contribution in [0.15, 0.2) is 0 Å². The smallest absolute Gasteiger partial charge is 0.396 e. The fraction of sp³-hybridized carbons (Fsp3) is 1.00. The van der Waals surface area contributed by atoms with Crippen LogP contribution in [0.4, 0.5) is 13.2 Å². The highest BCUT2D eigenvalue weighted by atomic mass is 19.4. The van der Waals surface area contributed by atoms with Gasteiger partial charge in [0.05, 0.1) is 0 Å². The van der Waals surface area contributed by atoms with E-state index in [9.17, 15) is 18.3 Å².